The number of carbonyl (C=O) groups is 2. The van der Waals surface area contributed by atoms with Crippen LogP contribution >= 0.6 is 7.82 Å². The first-order chi connectivity index (χ1) is 28.7. The molecule has 1 aromatic rings. The van der Waals surface area contributed by atoms with Gasteiger partial charge in [-0.3, -0.25) is 18.6 Å². The maximum Gasteiger partial charge on any atom is 0.472 e. The van der Waals surface area contributed by atoms with Crippen molar-refractivity contribution < 1.29 is 51.6 Å². The van der Waals surface area contributed by atoms with Gasteiger partial charge in [0, 0.05) is 25.7 Å². The normalized spacial score (nSPS) is 14.6. The molecule has 0 saturated carbocycles. The van der Waals surface area contributed by atoms with Crippen LogP contribution in [0, 0.1) is 13.8 Å². The summed E-state index contributed by atoms with van der Waals surface area (Å²) in [7, 11) is 1.33. The summed E-state index contributed by atoms with van der Waals surface area (Å²) >= 11 is 0. The number of hydrogen-bond donors (Lipinski definition) is 2. The van der Waals surface area contributed by atoms with Gasteiger partial charge in [-0.05, 0) is 82.8 Å². The first kappa shape index (κ1) is 55.0. The van der Waals surface area contributed by atoms with Crippen molar-refractivity contribution in [2.45, 2.75) is 162 Å². The standard InChI is InChI=1S/C48H80NO10P/c1-8-10-12-13-14-15-16-17-18-19-20-23-27-31-43(50)32-30-36-47(51)55-39-44(40-57-60(53,54)56-38-37-49(5,6)7)58-48(52)35-29-25-22-21-24-28-34-46-42(4)41(3)45(59-46)33-26-11-9-2/h10,12,14-15,17-18,20,23,27,31,43-44,50H,8-9,11,13,16,19,21-22,24-26,28-30,32-40H2,1-7H3/p+1/b12-10-,15-14-,18-17-,23-20-,31-27+/t43?,44-/m1/s1. The molecule has 0 aliphatic carbocycles. The van der Waals surface area contributed by atoms with E-state index in [-0.39, 0.29) is 26.1 Å². The van der Waals surface area contributed by atoms with Crippen molar-refractivity contribution in [3.05, 3.63) is 83.4 Å². The quantitative estimate of drug-likeness (QED) is 0.0167. The summed E-state index contributed by atoms with van der Waals surface area (Å²) in [6, 6.07) is 0. The van der Waals surface area contributed by atoms with E-state index in [9.17, 15) is 24.2 Å². The van der Waals surface area contributed by atoms with Gasteiger partial charge in [0.05, 0.1) is 33.9 Å². The SMILES string of the molecule is CC/C=C\C/C=C\C/C=C\C/C=C\C=C\C(O)CCCC(=O)OC[C@H](COP(=O)(O)OCC[N+](C)(C)C)OC(=O)CCCCCCCCc1oc(CCCCC)c(C)c1C. The van der Waals surface area contributed by atoms with Crippen LogP contribution < -0.4 is 0 Å². The van der Waals surface area contributed by atoms with E-state index in [1.54, 1.807) is 12.2 Å². The van der Waals surface area contributed by atoms with Gasteiger partial charge in [0.2, 0.25) is 0 Å². The molecule has 0 fully saturated rings. The summed E-state index contributed by atoms with van der Waals surface area (Å²) in [4.78, 5) is 35.6. The number of allylic oxidation sites excluding steroid dienone is 9. The zero-order valence-corrected chi connectivity index (χ0v) is 39.1. The smallest absolute Gasteiger partial charge is 0.466 e. The number of ether oxygens (including phenoxy) is 2. The van der Waals surface area contributed by atoms with Gasteiger partial charge < -0.3 is 28.4 Å². The lowest BCUT2D eigenvalue weighted by molar-refractivity contribution is -0.870. The van der Waals surface area contributed by atoms with Crippen LogP contribution in [0.3, 0.4) is 0 Å². The minimum atomic E-state index is -4.44. The molecule has 0 spiro atoms. The van der Waals surface area contributed by atoms with Gasteiger partial charge in [-0.25, -0.2) is 4.57 Å². The molecule has 342 valence electrons. The molecule has 2 N–H and O–H groups in total. The van der Waals surface area contributed by atoms with Crippen molar-refractivity contribution in [3.63, 3.8) is 0 Å². The Balaban J connectivity index is 2.47. The summed E-state index contributed by atoms with van der Waals surface area (Å²) in [6.07, 6.45) is 34.3. The average molecular weight is 863 g/mol. The molecule has 2 unspecified atom stereocenters. The number of aliphatic hydroxyl groups is 1. The summed E-state index contributed by atoms with van der Waals surface area (Å²) in [5, 5.41) is 10.3. The average Bonchev–Trinajstić information content (AvgIpc) is 3.46. The van der Waals surface area contributed by atoms with Crippen LogP contribution in [-0.2, 0) is 45.5 Å². The molecule has 0 saturated heterocycles. The summed E-state index contributed by atoms with van der Waals surface area (Å²) in [6.45, 7) is 8.29. The molecule has 0 aliphatic rings. The van der Waals surface area contributed by atoms with E-state index >= 15 is 0 Å². The van der Waals surface area contributed by atoms with Gasteiger partial charge in [-0.15, -0.1) is 0 Å². The molecule has 0 amide bonds. The van der Waals surface area contributed by atoms with Crippen LogP contribution in [0.25, 0.3) is 0 Å². The van der Waals surface area contributed by atoms with Crippen molar-refractivity contribution in [1.82, 2.24) is 0 Å². The molecule has 60 heavy (non-hydrogen) atoms. The molecule has 11 nitrogen and oxygen atoms in total. The van der Waals surface area contributed by atoms with Crippen LogP contribution in [0.5, 0.6) is 0 Å². The second-order valence-electron chi connectivity index (χ2n) is 16.5. The topological polar surface area (TPSA) is 142 Å². The maximum atomic E-state index is 12.8. The molecule has 1 heterocycles. The number of esters is 2. The number of likely N-dealkylation sites (N-methyl/N-ethyl adjacent to an activating group) is 1. The molecule has 0 aliphatic heterocycles. The van der Waals surface area contributed by atoms with Crippen molar-refractivity contribution in [2.75, 3.05) is 47.5 Å². The van der Waals surface area contributed by atoms with E-state index in [4.69, 9.17) is 22.9 Å². The number of hydrogen-bond acceptors (Lipinski definition) is 9. The molecule has 0 radical (unpaired) electrons. The van der Waals surface area contributed by atoms with Crippen molar-refractivity contribution >= 4 is 19.8 Å². The van der Waals surface area contributed by atoms with Crippen molar-refractivity contribution in [2.24, 2.45) is 0 Å². The third kappa shape index (κ3) is 30.1. The summed E-state index contributed by atoms with van der Waals surface area (Å²) in [5.74, 6) is 1.21. The number of carbonyl (C=O) groups excluding carboxylic acids is 2. The molecule has 3 atom stereocenters. The molecule has 12 heteroatoms. The third-order valence-corrected chi connectivity index (χ3v) is 10.9. The number of furan rings is 1. The molecular formula is C48H81NO10P+. The number of aryl methyl sites for hydroxylation is 2. The Labute approximate surface area is 363 Å². The largest absolute Gasteiger partial charge is 0.472 e. The molecule has 1 aromatic heterocycles. The predicted molar refractivity (Wildman–Crippen MR) is 243 cm³/mol. The minimum absolute atomic E-state index is 0.0105. The van der Waals surface area contributed by atoms with Gasteiger partial charge >= 0.3 is 19.8 Å². The number of phosphoric acid groups is 1. The summed E-state index contributed by atoms with van der Waals surface area (Å²) in [5.41, 5.74) is 2.58. The Hall–Kier alpha value is -3.05. The first-order valence-electron chi connectivity index (χ1n) is 22.5. The van der Waals surface area contributed by atoms with E-state index in [0.29, 0.717) is 30.3 Å². The van der Waals surface area contributed by atoms with Crippen LogP contribution in [0.15, 0.2) is 65.2 Å². The number of quaternary nitrogens is 1. The zero-order chi connectivity index (χ0) is 44.5. The number of unbranched alkanes of at least 4 members (excludes halogenated alkanes) is 7. The second kappa shape index (κ2) is 33.6. The van der Waals surface area contributed by atoms with Gasteiger partial charge in [0.15, 0.2) is 6.10 Å². The van der Waals surface area contributed by atoms with E-state index in [0.717, 1.165) is 88.6 Å². The van der Waals surface area contributed by atoms with Gasteiger partial charge in [-0.1, -0.05) is 113 Å². The van der Waals surface area contributed by atoms with Crippen LogP contribution in [0.1, 0.15) is 146 Å². The van der Waals surface area contributed by atoms with Gasteiger partial charge in [0.1, 0.15) is 31.3 Å². The Kier molecular flexibility index (Phi) is 30.7. The highest BCUT2D eigenvalue weighted by Gasteiger charge is 2.27. The Bertz CT molecular complexity index is 1500. The lowest BCUT2D eigenvalue weighted by Gasteiger charge is -2.24. The third-order valence-electron chi connectivity index (χ3n) is 9.87. The van der Waals surface area contributed by atoms with E-state index in [1.807, 2.05) is 33.3 Å². The highest BCUT2D eigenvalue weighted by molar-refractivity contribution is 7.47. The Morgan fingerprint density at radius 1 is 0.717 bits per heavy atom. The predicted octanol–water partition coefficient (Wildman–Crippen LogP) is 11.1. The van der Waals surface area contributed by atoms with Crippen molar-refractivity contribution in [3.8, 4) is 0 Å². The molecule has 0 aromatic carbocycles. The van der Waals surface area contributed by atoms with Gasteiger partial charge in [-0.2, -0.15) is 0 Å². The highest BCUT2D eigenvalue weighted by Crippen LogP contribution is 2.43. The van der Waals surface area contributed by atoms with Gasteiger partial charge in [0.25, 0.3) is 0 Å². The van der Waals surface area contributed by atoms with Crippen LogP contribution in [0.2, 0.25) is 0 Å². The first-order valence-corrected chi connectivity index (χ1v) is 24.0. The van der Waals surface area contributed by atoms with E-state index in [2.05, 4.69) is 64.2 Å². The minimum Gasteiger partial charge on any atom is -0.466 e. The van der Waals surface area contributed by atoms with E-state index in [1.165, 1.54) is 24.0 Å². The van der Waals surface area contributed by atoms with E-state index < -0.39 is 38.6 Å². The second-order valence-corrected chi connectivity index (χ2v) is 17.9. The fourth-order valence-electron chi connectivity index (χ4n) is 6.04. The number of rotatable bonds is 36. The Morgan fingerprint density at radius 2 is 1.28 bits per heavy atom. The van der Waals surface area contributed by atoms with Crippen LogP contribution in [-0.4, -0.2) is 86.1 Å². The fourth-order valence-corrected chi connectivity index (χ4v) is 6.78. The van der Waals surface area contributed by atoms with Crippen molar-refractivity contribution in [1.29, 1.82) is 0 Å². The zero-order valence-electron chi connectivity index (χ0n) is 38.2. The number of nitrogens with zero attached hydrogens (tertiary/aromatic N) is 1. The molecule has 0 bridgehead atoms. The number of aliphatic hydroxyl groups excluding tert-OH is 1. The number of phosphoric ester groups is 1. The fraction of sp³-hybridized carbons (Fsp3) is 0.667. The highest BCUT2D eigenvalue weighted by atomic mass is 31.2. The maximum absolute atomic E-state index is 12.8. The van der Waals surface area contributed by atoms with Crippen LogP contribution in [0.4, 0.5) is 0 Å². The molecule has 1 rings (SSSR count). The lowest BCUT2D eigenvalue weighted by Crippen LogP contribution is -2.37. The lowest BCUT2D eigenvalue weighted by atomic mass is 10.0. The Morgan fingerprint density at radius 3 is 1.90 bits per heavy atom. The molecular weight excluding hydrogens is 781 g/mol. The monoisotopic (exact) mass is 863 g/mol. The summed E-state index contributed by atoms with van der Waals surface area (Å²) < 4.78 is 40.4.